The summed E-state index contributed by atoms with van der Waals surface area (Å²) in [6.07, 6.45) is 0. The van der Waals surface area contributed by atoms with Crippen LogP contribution in [-0.2, 0) is 0 Å². The van der Waals surface area contributed by atoms with Gasteiger partial charge in [-0.05, 0) is 11.5 Å². The lowest BCUT2D eigenvalue weighted by Gasteiger charge is -2.42. The number of non-ortho nitro benzene ring substituents is 1. The van der Waals surface area contributed by atoms with E-state index in [0.717, 1.165) is 26.2 Å². The first kappa shape index (κ1) is 21.9. The van der Waals surface area contributed by atoms with Crippen LogP contribution in [0.4, 0.5) is 5.69 Å². The summed E-state index contributed by atoms with van der Waals surface area (Å²) in [6.45, 7) is 9.80. The molecule has 1 atom stereocenters. The first-order valence-electron chi connectivity index (χ1n) is 7.23. The van der Waals surface area contributed by atoms with Crippen LogP contribution in [0.3, 0.4) is 0 Å². The number of phenolic OH excluding ortho intramolecular Hbond substituents is 1. The predicted molar refractivity (Wildman–Crippen MR) is 95.9 cm³/mol. The van der Waals surface area contributed by atoms with Crippen molar-refractivity contribution in [3.8, 4) is 5.75 Å². The molecule has 1 fully saturated rings. The number of benzene rings is 1. The highest BCUT2D eigenvalue weighted by molar-refractivity contribution is 5.85. The number of rotatable bonds is 3. The summed E-state index contributed by atoms with van der Waals surface area (Å²) in [5, 5.41) is 24.5. The maximum Gasteiger partial charge on any atom is 0.270 e. The molecule has 8 heteroatoms. The molecule has 132 valence electrons. The van der Waals surface area contributed by atoms with Crippen molar-refractivity contribution in [2.45, 2.75) is 26.8 Å². The van der Waals surface area contributed by atoms with Gasteiger partial charge in [-0.3, -0.25) is 15.0 Å². The normalized spacial score (nSPS) is 16.8. The Bertz CT molecular complexity index is 529. The number of phenols is 1. The van der Waals surface area contributed by atoms with Crippen molar-refractivity contribution in [3.63, 3.8) is 0 Å². The third-order valence-electron chi connectivity index (χ3n) is 3.85. The SMILES string of the molecule is CC(C)(C)[C@@H](c1cc([N+](=O)[O-])ccc1O)N1CCNCC1.Cl.Cl. The number of piperazine rings is 1. The molecule has 0 bridgehead atoms. The Kier molecular flexibility index (Phi) is 8.28. The van der Waals surface area contributed by atoms with Crippen molar-refractivity contribution >= 4 is 30.5 Å². The van der Waals surface area contributed by atoms with E-state index in [2.05, 4.69) is 31.0 Å². The fourth-order valence-corrected chi connectivity index (χ4v) is 3.03. The van der Waals surface area contributed by atoms with Gasteiger partial charge in [0, 0.05) is 49.9 Å². The highest BCUT2D eigenvalue weighted by Gasteiger charge is 2.35. The van der Waals surface area contributed by atoms with Gasteiger partial charge in [-0.2, -0.15) is 0 Å². The molecule has 0 radical (unpaired) electrons. The molecular formula is C15H25Cl2N3O3. The molecule has 0 aromatic heterocycles. The van der Waals surface area contributed by atoms with Crippen molar-refractivity contribution in [3.05, 3.63) is 33.9 Å². The highest BCUT2D eigenvalue weighted by atomic mass is 35.5. The molecule has 0 saturated carbocycles. The number of hydrogen-bond acceptors (Lipinski definition) is 5. The summed E-state index contributed by atoms with van der Waals surface area (Å²) in [7, 11) is 0. The topological polar surface area (TPSA) is 78.6 Å². The zero-order valence-electron chi connectivity index (χ0n) is 13.6. The highest BCUT2D eigenvalue weighted by Crippen LogP contribution is 2.42. The van der Waals surface area contributed by atoms with Crippen molar-refractivity contribution in [2.24, 2.45) is 5.41 Å². The summed E-state index contributed by atoms with van der Waals surface area (Å²) in [5.41, 5.74) is 0.523. The molecule has 1 aromatic rings. The van der Waals surface area contributed by atoms with Crippen molar-refractivity contribution in [2.75, 3.05) is 26.2 Å². The Morgan fingerprint density at radius 2 is 1.83 bits per heavy atom. The largest absolute Gasteiger partial charge is 0.508 e. The van der Waals surface area contributed by atoms with E-state index in [-0.39, 0.29) is 47.7 Å². The molecule has 2 N–H and O–H groups in total. The molecule has 1 aromatic carbocycles. The lowest BCUT2D eigenvalue weighted by molar-refractivity contribution is -0.385. The summed E-state index contributed by atoms with van der Waals surface area (Å²) >= 11 is 0. The number of aromatic hydroxyl groups is 1. The minimum atomic E-state index is -0.416. The minimum absolute atomic E-state index is 0. The molecule has 23 heavy (non-hydrogen) atoms. The van der Waals surface area contributed by atoms with Crippen molar-refractivity contribution in [1.29, 1.82) is 0 Å². The van der Waals surface area contributed by atoms with Crippen LogP contribution in [-0.4, -0.2) is 41.1 Å². The maximum absolute atomic E-state index is 11.0. The van der Waals surface area contributed by atoms with Gasteiger partial charge < -0.3 is 10.4 Å². The fourth-order valence-electron chi connectivity index (χ4n) is 3.03. The fraction of sp³-hybridized carbons (Fsp3) is 0.600. The molecule has 0 aliphatic carbocycles. The molecule has 1 heterocycles. The van der Waals surface area contributed by atoms with Gasteiger partial charge in [0.1, 0.15) is 5.75 Å². The molecule has 0 amide bonds. The van der Waals surface area contributed by atoms with Crippen LogP contribution < -0.4 is 5.32 Å². The Labute approximate surface area is 149 Å². The van der Waals surface area contributed by atoms with E-state index in [1.165, 1.54) is 18.2 Å². The molecule has 1 aliphatic heterocycles. The van der Waals surface area contributed by atoms with Gasteiger partial charge in [0.2, 0.25) is 0 Å². The van der Waals surface area contributed by atoms with Crippen molar-refractivity contribution < 1.29 is 10.0 Å². The number of nitro benzene ring substituents is 1. The average Bonchev–Trinajstić information content (AvgIpc) is 2.40. The van der Waals surface area contributed by atoms with Crippen LogP contribution >= 0.6 is 24.8 Å². The molecule has 2 rings (SSSR count). The minimum Gasteiger partial charge on any atom is -0.508 e. The van der Waals surface area contributed by atoms with Crippen LogP contribution in [0.25, 0.3) is 0 Å². The third kappa shape index (κ3) is 5.21. The summed E-state index contributed by atoms with van der Waals surface area (Å²) in [5.74, 6) is 0.124. The quantitative estimate of drug-likeness (QED) is 0.635. The smallest absolute Gasteiger partial charge is 0.270 e. The Hall–Kier alpha value is -1.08. The second-order valence-corrected chi connectivity index (χ2v) is 6.55. The van der Waals surface area contributed by atoms with E-state index in [0.29, 0.717) is 5.56 Å². The standard InChI is InChI=1S/C15H23N3O3.2ClH/c1-15(2,3)14(17-8-6-16-7-9-17)12-10-11(18(20)21)4-5-13(12)19;;/h4-5,10,14,16,19H,6-9H2,1-3H3;2*1H/t14-;;/m1../s1. The first-order chi connectivity index (χ1) is 9.80. The van der Waals surface area contributed by atoms with Crippen LogP contribution in [0.15, 0.2) is 18.2 Å². The molecule has 1 saturated heterocycles. The number of nitro groups is 1. The third-order valence-corrected chi connectivity index (χ3v) is 3.85. The molecular weight excluding hydrogens is 341 g/mol. The lowest BCUT2D eigenvalue weighted by Crippen LogP contribution is -2.48. The van der Waals surface area contributed by atoms with Gasteiger partial charge in [-0.25, -0.2) is 0 Å². The number of halogens is 2. The van der Waals surface area contributed by atoms with E-state index in [9.17, 15) is 15.2 Å². The van der Waals surface area contributed by atoms with Crippen molar-refractivity contribution in [1.82, 2.24) is 10.2 Å². The van der Waals surface area contributed by atoms with E-state index in [1.807, 2.05) is 0 Å². The van der Waals surface area contributed by atoms with E-state index >= 15 is 0 Å². The van der Waals surface area contributed by atoms with Gasteiger partial charge in [0.15, 0.2) is 0 Å². The number of hydrogen-bond donors (Lipinski definition) is 2. The number of nitrogens with one attached hydrogen (secondary N) is 1. The lowest BCUT2D eigenvalue weighted by atomic mass is 9.80. The monoisotopic (exact) mass is 365 g/mol. The number of nitrogens with zero attached hydrogens (tertiary/aromatic N) is 2. The summed E-state index contributed by atoms with van der Waals surface area (Å²) in [6, 6.07) is 4.22. The van der Waals surface area contributed by atoms with E-state index < -0.39 is 4.92 Å². The van der Waals surface area contributed by atoms with E-state index in [4.69, 9.17) is 0 Å². The van der Waals surface area contributed by atoms with Crippen LogP contribution in [0.2, 0.25) is 0 Å². The summed E-state index contributed by atoms with van der Waals surface area (Å²) < 4.78 is 0. The van der Waals surface area contributed by atoms with Gasteiger partial charge in [-0.15, -0.1) is 24.8 Å². The van der Waals surface area contributed by atoms with Gasteiger partial charge in [0.25, 0.3) is 5.69 Å². The van der Waals surface area contributed by atoms with Gasteiger partial charge >= 0.3 is 0 Å². The first-order valence-corrected chi connectivity index (χ1v) is 7.23. The Morgan fingerprint density at radius 3 is 2.30 bits per heavy atom. The van der Waals surface area contributed by atoms with E-state index in [1.54, 1.807) is 0 Å². The average molecular weight is 366 g/mol. The molecule has 6 nitrogen and oxygen atoms in total. The zero-order valence-corrected chi connectivity index (χ0v) is 15.2. The Morgan fingerprint density at radius 1 is 1.26 bits per heavy atom. The van der Waals surface area contributed by atoms with Gasteiger partial charge in [-0.1, -0.05) is 20.8 Å². The molecule has 0 unspecified atom stereocenters. The maximum atomic E-state index is 11.0. The Balaban J connectivity index is 0.00000242. The van der Waals surface area contributed by atoms with Crippen LogP contribution in [0.1, 0.15) is 32.4 Å². The molecule has 1 aliphatic rings. The van der Waals surface area contributed by atoms with Crippen LogP contribution in [0, 0.1) is 15.5 Å². The van der Waals surface area contributed by atoms with Crippen LogP contribution in [0.5, 0.6) is 5.75 Å². The predicted octanol–water partition coefficient (Wildman–Crippen LogP) is 3.14. The second-order valence-electron chi connectivity index (χ2n) is 6.55. The summed E-state index contributed by atoms with van der Waals surface area (Å²) in [4.78, 5) is 12.9. The van der Waals surface area contributed by atoms with Gasteiger partial charge in [0.05, 0.1) is 4.92 Å². The zero-order chi connectivity index (χ0) is 15.6. The second kappa shape index (κ2) is 8.68. The molecule has 0 spiro atoms.